The van der Waals surface area contributed by atoms with E-state index in [4.69, 9.17) is 0 Å². The van der Waals surface area contributed by atoms with Gasteiger partial charge in [-0.05, 0) is 48.5 Å². The van der Waals surface area contributed by atoms with E-state index in [0.717, 1.165) is 18.2 Å². The molecule has 144 valence electrons. The molecule has 0 amide bonds. The topological polar surface area (TPSA) is 67.8 Å². The fraction of sp³-hybridized carbons (Fsp3) is 0.0909. The number of nitrogens with one attached hydrogen (secondary N) is 1. The Morgan fingerprint density at radius 3 is 2.72 bits per heavy atom. The first-order valence-corrected chi connectivity index (χ1v) is 9.02. The van der Waals surface area contributed by atoms with Gasteiger partial charge in [-0.25, -0.2) is 18.7 Å². The van der Waals surface area contributed by atoms with Crippen LogP contribution >= 0.6 is 0 Å². The Labute approximate surface area is 165 Å². The van der Waals surface area contributed by atoms with Crippen molar-refractivity contribution in [3.8, 4) is 11.3 Å². The van der Waals surface area contributed by atoms with Crippen LogP contribution in [-0.2, 0) is 0 Å². The van der Waals surface area contributed by atoms with Crippen molar-refractivity contribution < 1.29 is 13.6 Å². The third-order valence-corrected chi connectivity index (χ3v) is 4.43. The lowest BCUT2D eigenvalue weighted by Crippen LogP contribution is -2.02. The van der Waals surface area contributed by atoms with E-state index in [1.807, 2.05) is 6.07 Å². The van der Waals surface area contributed by atoms with Gasteiger partial charge in [0.05, 0.1) is 11.4 Å². The Morgan fingerprint density at radius 2 is 1.90 bits per heavy atom. The van der Waals surface area contributed by atoms with E-state index in [2.05, 4.69) is 20.3 Å². The number of anilines is 2. The largest absolute Gasteiger partial charge is 0.355 e. The van der Waals surface area contributed by atoms with Crippen LogP contribution in [0.2, 0.25) is 0 Å². The summed E-state index contributed by atoms with van der Waals surface area (Å²) in [5.41, 5.74) is 2.26. The molecule has 3 aromatic heterocycles. The van der Waals surface area contributed by atoms with Gasteiger partial charge in [-0.15, -0.1) is 0 Å². The quantitative estimate of drug-likeness (QED) is 0.468. The highest BCUT2D eigenvalue weighted by molar-refractivity contribution is 5.96. The maximum absolute atomic E-state index is 14.3. The summed E-state index contributed by atoms with van der Waals surface area (Å²) in [6, 6.07) is 11.8. The molecular weight excluding hydrogens is 374 g/mol. The number of ketones is 1. The van der Waals surface area contributed by atoms with E-state index in [0.29, 0.717) is 34.5 Å². The van der Waals surface area contributed by atoms with Gasteiger partial charge in [-0.3, -0.25) is 9.78 Å². The summed E-state index contributed by atoms with van der Waals surface area (Å²) < 4.78 is 28.0. The van der Waals surface area contributed by atoms with Gasteiger partial charge < -0.3 is 5.32 Å². The number of Topliss-reactive ketones (excluding diaryl/α,β-unsaturated/α-hetero) is 1. The van der Waals surface area contributed by atoms with Gasteiger partial charge in [0.15, 0.2) is 11.4 Å². The first-order chi connectivity index (χ1) is 14.0. The van der Waals surface area contributed by atoms with Crippen molar-refractivity contribution in [1.29, 1.82) is 0 Å². The summed E-state index contributed by atoms with van der Waals surface area (Å²) in [5.74, 6) is -1.21. The molecule has 0 aliphatic heterocycles. The second-order valence-corrected chi connectivity index (χ2v) is 6.39. The zero-order valence-electron chi connectivity index (χ0n) is 15.5. The number of halogens is 2. The summed E-state index contributed by atoms with van der Waals surface area (Å²) >= 11 is 0. The lowest BCUT2D eigenvalue weighted by molar-refractivity contribution is 0.0983. The second kappa shape index (κ2) is 7.71. The Kier molecular flexibility index (Phi) is 4.95. The van der Waals surface area contributed by atoms with E-state index in [1.165, 1.54) is 0 Å². The Morgan fingerprint density at radius 1 is 1.03 bits per heavy atom. The van der Waals surface area contributed by atoms with Gasteiger partial charge in [0.25, 0.3) is 0 Å². The third kappa shape index (κ3) is 3.80. The molecule has 0 radical (unpaired) electrons. The van der Waals surface area contributed by atoms with Crippen LogP contribution in [0.5, 0.6) is 0 Å². The van der Waals surface area contributed by atoms with Crippen LogP contribution < -0.4 is 5.32 Å². The lowest BCUT2D eigenvalue weighted by atomic mass is 10.1. The first kappa shape index (κ1) is 18.6. The monoisotopic (exact) mass is 390 g/mol. The standard InChI is InChI=1S/C22H16F2N4O/c1-2-21(29)20-11-14(7-9-25-20)27-18-12-19(16-10-13(23)5-6-17(16)24)28-22-15(18)4-3-8-26-22/h3-12H,2H2,1H3,(H,25,26,27,28). The molecule has 0 saturated carbocycles. The van der Waals surface area contributed by atoms with Crippen molar-refractivity contribution in [2.45, 2.75) is 13.3 Å². The molecule has 0 atom stereocenters. The van der Waals surface area contributed by atoms with E-state index in [1.54, 1.807) is 43.6 Å². The number of rotatable bonds is 5. The second-order valence-electron chi connectivity index (χ2n) is 6.39. The van der Waals surface area contributed by atoms with E-state index < -0.39 is 11.6 Å². The average molecular weight is 390 g/mol. The van der Waals surface area contributed by atoms with E-state index >= 15 is 0 Å². The molecule has 0 fully saturated rings. The first-order valence-electron chi connectivity index (χ1n) is 9.02. The van der Waals surface area contributed by atoms with Gasteiger partial charge in [-0.2, -0.15) is 0 Å². The minimum Gasteiger partial charge on any atom is -0.355 e. The fourth-order valence-corrected chi connectivity index (χ4v) is 2.99. The number of pyridine rings is 3. The molecule has 0 aliphatic carbocycles. The molecule has 4 rings (SSSR count). The number of fused-ring (bicyclic) bond motifs is 1. The third-order valence-electron chi connectivity index (χ3n) is 4.43. The average Bonchev–Trinajstić information content (AvgIpc) is 2.75. The van der Waals surface area contributed by atoms with Gasteiger partial charge >= 0.3 is 0 Å². The fourth-order valence-electron chi connectivity index (χ4n) is 2.99. The minimum atomic E-state index is -0.583. The molecule has 29 heavy (non-hydrogen) atoms. The Hall–Kier alpha value is -3.74. The molecule has 0 spiro atoms. The van der Waals surface area contributed by atoms with Crippen LogP contribution in [-0.4, -0.2) is 20.7 Å². The minimum absolute atomic E-state index is 0.0391. The van der Waals surface area contributed by atoms with Gasteiger partial charge in [0.2, 0.25) is 0 Å². The zero-order chi connectivity index (χ0) is 20.4. The number of nitrogens with zero attached hydrogens (tertiary/aromatic N) is 3. The summed E-state index contributed by atoms with van der Waals surface area (Å²) in [5, 5.41) is 3.92. The summed E-state index contributed by atoms with van der Waals surface area (Å²) in [6.45, 7) is 1.77. The van der Waals surface area contributed by atoms with Crippen LogP contribution in [0.25, 0.3) is 22.3 Å². The van der Waals surface area contributed by atoms with Crippen molar-refractivity contribution in [3.63, 3.8) is 0 Å². The van der Waals surface area contributed by atoms with Crippen molar-refractivity contribution in [2.75, 3.05) is 5.32 Å². The highest BCUT2D eigenvalue weighted by atomic mass is 19.1. The van der Waals surface area contributed by atoms with Crippen molar-refractivity contribution in [3.05, 3.63) is 78.3 Å². The number of carbonyl (C=O) groups excluding carboxylic acids is 1. The predicted octanol–water partition coefficient (Wildman–Crippen LogP) is 5.31. The SMILES string of the molecule is CCC(=O)c1cc(Nc2cc(-c3cc(F)ccc3F)nc3ncccc23)ccn1. The van der Waals surface area contributed by atoms with Crippen LogP contribution in [0, 0.1) is 11.6 Å². The van der Waals surface area contributed by atoms with Gasteiger partial charge in [0, 0.05) is 35.5 Å². The molecule has 7 heteroatoms. The summed E-state index contributed by atoms with van der Waals surface area (Å²) in [4.78, 5) is 24.7. The molecule has 3 heterocycles. The molecule has 4 aromatic rings. The molecule has 0 aliphatic rings. The highest BCUT2D eigenvalue weighted by Gasteiger charge is 2.13. The van der Waals surface area contributed by atoms with Crippen molar-refractivity contribution >= 4 is 28.2 Å². The highest BCUT2D eigenvalue weighted by Crippen LogP contribution is 2.31. The Balaban J connectivity index is 1.84. The molecule has 0 bridgehead atoms. The van der Waals surface area contributed by atoms with E-state index in [-0.39, 0.29) is 17.0 Å². The molecule has 0 unspecified atom stereocenters. The molecular formula is C22H16F2N4O. The van der Waals surface area contributed by atoms with Gasteiger partial charge in [0.1, 0.15) is 17.3 Å². The van der Waals surface area contributed by atoms with Crippen LogP contribution in [0.4, 0.5) is 20.2 Å². The molecule has 5 nitrogen and oxygen atoms in total. The normalized spacial score (nSPS) is 10.9. The predicted molar refractivity (Wildman–Crippen MR) is 107 cm³/mol. The maximum atomic E-state index is 14.3. The summed E-state index contributed by atoms with van der Waals surface area (Å²) in [6.07, 6.45) is 3.47. The smallest absolute Gasteiger partial charge is 0.180 e. The van der Waals surface area contributed by atoms with Crippen LogP contribution in [0.3, 0.4) is 0 Å². The molecule has 1 aromatic carbocycles. The van der Waals surface area contributed by atoms with E-state index in [9.17, 15) is 13.6 Å². The van der Waals surface area contributed by atoms with Crippen LogP contribution in [0.1, 0.15) is 23.8 Å². The maximum Gasteiger partial charge on any atom is 0.180 e. The van der Waals surface area contributed by atoms with Crippen molar-refractivity contribution in [1.82, 2.24) is 15.0 Å². The number of hydrogen-bond donors (Lipinski definition) is 1. The summed E-state index contributed by atoms with van der Waals surface area (Å²) in [7, 11) is 0. The number of hydrogen-bond acceptors (Lipinski definition) is 5. The molecule has 1 N–H and O–H groups in total. The Bertz CT molecular complexity index is 1230. The molecule has 0 saturated heterocycles. The van der Waals surface area contributed by atoms with Gasteiger partial charge in [-0.1, -0.05) is 6.92 Å². The number of aromatic nitrogens is 3. The number of carbonyl (C=O) groups is 1. The lowest BCUT2D eigenvalue weighted by Gasteiger charge is -2.12. The van der Waals surface area contributed by atoms with Crippen molar-refractivity contribution in [2.24, 2.45) is 0 Å². The van der Waals surface area contributed by atoms with Crippen LogP contribution in [0.15, 0.2) is 60.9 Å². The number of benzene rings is 1. The zero-order valence-corrected chi connectivity index (χ0v) is 15.5.